The maximum absolute atomic E-state index is 2.82. The average Bonchev–Trinajstić information content (AvgIpc) is 3.44. The van der Waals surface area contributed by atoms with Crippen molar-refractivity contribution in [2.75, 3.05) is 19.6 Å². The minimum absolute atomic E-state index is 0.0175. The fraction of sp³-hybridized carbons (Fsp3) is 0.342. The molecule has 2 saturated carbocycles. The summed E-state index contributed by atoms with van der Waals surface area (Å²) in [5.41, 5.74) is 26.2. The monoisotopic (exact) mass is 1020 g/mol. The number of hydrogen-bond donors (Lipinski definition) is 0. The van der Waals surface area contributed by atoms with Gasteiger partial charge >= 0.3 is 0 Å². The Kier molecular flexibility index (Phi) is 10.8. The van der Waals surface area contributed by atoms with E-state index in [0.717, 1.165) is 19.3 Å². The molecule has 0 N–H and O–H groups in total. The van der Waals surface area contributed by atoms with E-state index in [9.17, 15) is 0 Å². The number of benzene rings is 8. The minimum Gasteiger partial charge on any atom is -0.334 e. The van der Waals surface area contributed by atoms with Crippen LogP contribution in [0, 0.1) is 6.92 Å². The van der Waals surface area contributed by atoms with Crippen LogP contribution in [0.3, 0.4) is 0 Å². The van der Waals surface area contributed by atoms with Crippen molar-refractivity contribution in [1.29, 1.82) is 0 Å². The van der Waals surface area contributed by atoms with Crippen molar-refractivity contribution < 1.29 is 0 Å². The molecule has 4 unspecified atom stereocenters. The van der Waals surface area contributed by atoms with Crippen LogP contribution in [0.25, 0.3) is 11.1 Å². The highest BCUT2D eigenvalue weighted by molar-refractivity contribution is 7.00. The number of fused-ring (bicyclic) bond motifs is 10. The van der Waals surface area contributed by atoms with Crippen LogP contribution in [-0.4, -0.2) is 17.8 Å². The number of hydrogen-bond acceptors (Lipinski definition) is 4. The predicted molar refractivity (Wildman–Crippen MR) is 334 cm³/mol. The van der Waals surface area contributed by atoms with Gasteiger partial charge in [0.05, 0.1) is 11.1 Å². The molecular formula is C73H77BN4. The zero-order valence-corrected chi connectivity index (χ0v) is 48.2. The van der Waals surface area contributed by atoms with Gasteiger partial charge in [0.2, 0.25) is 0 Å². The molecule has 6 aliphatic rings. The van der Waals surface area contributed by atoms with Crippen molar-refractivity contribution in [1.82, 2.24) is 0 Å². The zero-order chi connectivity index (χ0) is 53.9. The lowest BCUT2D eigenvalue weighted by Gasteiger charge is -2.51. The van der Waals surface area contributed by atoms with Gasteiger partial charge in [-0.25, -0.2) is 0 Å². The summed E-state index contributed by atoms with van der Waals surface area (Å²) in [6, 6.07) is 66.8. The maximum Gasteiger partial charge on any atom is 0.252 e. The van der Waals surface area contributed by atoms with Crippen molar-refractivity contribution in [3.05, 3.63) is 198 Å². The maximum atomic E-state index is 2.82. The van der Waals surface area contributed by atoms with Crippen LogP contribution in [0.4, 0.5) is 56.9 Å². The molecule has 8 aromatic rings. The Morgan fingerprint density at radius 3 is 1.54 bits per heavy atom. The second-order valence-corrected chi connectivity index (χ2v) is 27.3. The molecule has 78 heavy (non-hydrogen) atoms. The predicted octanol–water partition coefficient (Wildman–Crippen LogP) is 17.8. The largest absolute Gasteiger partial charge is 0.334 e. The zero-order valence-electron chi connectivity index (χ0n) is 48.2. The molecule has 4 atom stereocenters. The van der Waals surface area contributed by atoms with E-state index in [1.807, 2.05) is 0 Å². The van der Waals surface area contributed by atoms with E-state index in [-0.39, 0.29) is 39.5 Å². The summed E-state index contributed by atoms with van der Waals surface area (Å²) in [5.74, 6) is 0. The Hall–Kier alpha value is -6.98. The van der Waals surface area contributed by atoms with Crippen molar-refractivity contribution in [2.24, 2.45) is 0 Å². The Morgan fingerprint density at radius 1 is 0.397 bits per heavy atom. The van der Waals surface area contributed by atoms with E-state index in [2.05, 4.69) is 266 Å². The van der Waals surface area contributed by atoms with Crippen LogP contribution >= 0.6 is 0 Å². The molecule has 0 aromatic heterocycles. The first kappa shape index (κ1) is 49.3. The molecule has 0 radical (unpaired) electrons. The highest BCUT2D eigenvalue weighted by Crippen LogP contribution is 2.64. The number of para-hydroxylation sites is 2. The van der Waals surface area contributed by atoms with Crippen LogP contribution < -0.4 is 36.0 Å². The van der Waals surface area contributed by atoms with Gasteiger partial charge in [-0.05, 0) is 191 Å². The van der Waals surface area contributed by atoms with E-state index >= 15 is 0 Å². The molecule has 5 heteroatoms. The fourth-order valence-electron chi connectivity index (χ4n) is 16.2. The molecule has 14 rings (SSSR count). The Labute approximate surface area is 466 Å². The summed E-state index contributed by atoms with van der Waals surface area (Å²) < 4.78 is 0. The van der Waals surface area contributed by atoms with Gasteiger partial charge in [0, 0.05) is 67.7 Å². The molecule has 8 aromatic carbocycles. The summed E-state index contributed by atoms with van der Waals surface area (Å²) in [4.78, 5) is 10.9. The lowest BCUT2D eigenvalue weighted by atomic mass is 9.33. The highest BCUT2D eigenvalue weighted by atomic mass is 15.3. The molecule has 2 fully saturated rings. The van der Waals surface area contributed by atoms with E-state index in [0.29, 0.717) is 0 Å². The summed E-state index contributed by atoms with van der Waals surface area (Å²) in [6.07, 6.45) is 9.59. The Bertz CT molecular complexity index is 3730. The first-order chi connectivity index (χ1) is 37.3. The third kappa shape index (κ3) is 6.84. The lowest BCUT2D eigenvalue weighted by Crippen LogP contribution is -2.62. The molecule has 0 spiro atoms. The van der Waals surface area contributed by atoms with Crippen molar-refractivity contribution in [3.63, 3.8) is 0 Å². The Balaban J connectivity index is 1.04. The molecule has 0 amide bonds. The van der Waals surface area contributed by atoms with Crippen LogP contribution in [0.1, 0.15) is 148 Å². The summed E-state index contributed by atoms with van der Waals surface area (Å²) in [7, 11) is 0. The number of aryl methyl sites for hydroxylation is 1. The fourth-order valence-corrected chi connectivity index (χ4v) is 16.2. The van der Waals surface area contributed by atoms with Gasteiger partial charge < -0.3 is 19.6 Å². The lowest BCUT2D eigenvalue weighted by molar-refractivity contribution is 0.195. The van der Waals surface area contributed by atoms with E-state index < -0.39 is 0 Å². The number of anilines is 10. The van der Waals surface area contributed by atoms with Crippen LogP contribution in [0.15, 0.2) is 170 Å². The summed E-state index contributed by atoms with van der Waals surface area (Å²) >= 11 is 0. The molecule has 0 saturated heterocycles. The van der Waals surface area contributed by atoms with Crippen LogP contribution in [-0.2, 0) is 21.7 Å². The summed E-state index contributed by atoms with van der Waals surface area (Å²) in [6.45, 7) is 26.7. The molecule has 392 valence electrons. The van der Waals surface area contributed by atoms with Gasteiger partial charge in [0.25, 0.3) is 6.71 Å². The third-order valence-corrected chi connectivity index (χ3v) is 21.0. The first-order valence-electron chi connectivity index (χ1n) is 29.5. The van der Waals surface area contributed by atoms with Gasteiger partial charge in [0.15, 0.2) is 0 Å². The molecule has 4 aliphatic heterocycles. The molecule has 4 nitrogen and oxygen atoms in total. The Morgan fingerprint density at radius 2 is 0.897 bits per heavy atom. The second-order valence-electron chi connectivity index (χ2n) is 27.3. The van der Waals surface area contributed by atoms with E-state index in [1.165, 1.54) is 144 Å². The van der Waals surface area contributed by atoms with Crippen LogP contribution in [0.2, 0.25) is 0 Å². The third-order valence-electron chi connectivity index (χ3n) is 21.0. The highest BCUT2D eigenvalue weighted by Gasteiger charge is 2.60. The average molecular weight is 1020 g/mol. The van der Waals surface area contributed by atoms with Crippen molar-refractivity contribution in [2.45, 2.75) is 160 Å². The van der Waals surface area contributed by atoms with E-state index in [4.69, 9.17) is 0 Å². The SMILES string of the molecule is Cc1ccccc1-c1ccc2c(c1)C1(C)CCCCC1(C)N2c1cc2c3c(c1)N(c1ccc(C(C)(C)C)cc1)c1ccc(N4c5ccc(C(C)(C)C)cc5C5(C)CCCCC45C)cc1B3c1ccccc1N2c1ccccc1. The molecule has 4 heterocycles. The van der Waals surface area contributed by atoms with Crippen molar-refractivity contribution in [3.8, 4) is 11.1 Å². The molecule has 2 aliphatic carbocycles. The second kappa shape index (κ2) is 17.0. The van der Waals surface area contributed by atoms with Gasteiger partial charge in [-0.1, -0.05) is 172 Å². The van der Waals surface area contributed by atoms with Crippen LogP contribution in [0.5, 0.6) is 0 Å². The summed E-state index contributed by atoms with van der Waals surface area (Å²) in [5, 5.41) is 0. The number of nitrogens with zero attached hydrogens (tertiary/aromatic N) is 4. The first-order valence-corrected chi connectivity index (χ1v) is 29.5. The minimum atomic E-state index is -0.160. The van der Waals surface area contributed by atoms with Gasteiger partial charge in [-0.15, -0.1) is 0 Å². The normalized spacial score (nSPS) is 23.8. The smallest absolute Gasteiger partial charge is 0.252 e. The molecule has 0 bridgehead atoms. The van der Waals surface area contributed by atoms with Crippen molar-refractivity contribution >= 4 is 80.0 Å². The van der Waals surface area contributed by atoms with Gasteiger partial charge in [0.1, 0.15) is 0 Å². The number of rotatable bonds is 5. The van der Waals surface area contributed by atoms with E-state index in [1.54, 1.807) is 0 Å². The molecular weight excluding hydrogens is 944 g/mol. The van der Waals surface area contributed by atoms with Gasteiger partial charge in [-0.2, -0.15) is 0 Å². The quantitative estimate of drug-likeness (QED) is 0.159. The topological polar surface area (TPSA) is 13.0 Å². The standard InChI is InChI=1S/C73H77BN4/c1-48-23-15-16-26-56(48)49-29-36-61-57(43-49)70(8)39-19-22-42-73(70,11)78(61)55-46-65-67-66(47-55)76(53-33-30-50(31-34-53)68(2,3)4)64-38-35-54(45-60(64)74(67)59-27-17-18-28-63(59)75(65)52-24-13-12-14-25-52)77-62-37-32-51(69(5,6)7)44-58(62)71(9)40-20-21-41-72(71,77)10/h12-18,23-38,43-47H,19-22,39-42H2,1-11H3. The van der Waals surface area contributed by atoms with Gasteiger partial charge in [-0.3, -0.25) is 0 Å².